The maximum Gasteiger partial charge on any atom is 0.306 e. The lowest BCUT2D eigenvalue weighted by Crippen LogP contribution is -2.30. The molecule has 6 nitrogen and oxygen atoms in total. The number of hydrogen-bond donors (Lipinski definition) is 1. The van der Waals surface area contributed by atoms with Crippen molar-refractivity contribution in [3.63, 3.8) is 0 Å². The normalized spacial score (nSPS) is 11.6. The fourth-order valence-corrected chi connectivity index (χ4v) is 3.28. The van der Waals surface area contributed by atoms with Gasteiger partial charge in [0.2, 0.25) is 0 Å². The Labute approximate surface area is 181 Å². The fourth-order valence-electron chi connectivity index (χ4n) is 2.56. The van der Waals surface area contributed by atoms with Gasteiger partial charge in [-0.05, 0) is 43.7 Å². The van der Waals surface area contributed by atoms with E-state index in [1.165, 1.54) is 13.0 Å². The zero-order valence-electron chi connectivity index (χ0n) is 16.6. The Morgan fingerprint density at radius 1 is 1.13 bits per heavy atom. The highest BCUT2D eigenvalue weighted by Gasteiger charge is 2.19. The van der Waals surface area contributed by atoms with Crippen LogP contribution in [-0.2, 0) is 14.3 Å². The second kappa shape index (κ2) is 10.6. The summed E-state index contributed by atoms with van der Waals surface area (Å²) in [6.45, 7) is 1.81. The molecule has 2 aromatic carbocycles. The van der Waals surface area contributed by atoms with Crippen LogP contribution >= 0.6 is 11.3 Å². The Balaban J connectivity index is 1.43. The van der Waals surface area contributed by atoms with Crippen molar-refractivity contribution in [1.82, 2.24) is 4.98 Å². The monoisotopic (exact) mass is 446 g/mol. The van der Waals surface area contributed by atoms with Crippen LogP contribution in [0.1, 0.15) is 19.8 Å². The standard InChI is InChI=1S/C22H20F2N2O4S/c1-14(30-20(27)8-5-11-29-16-6-3-2-4-7-16)21(28)26-22-25-19(13-31-22)15-9-10-17(23)18(24)12-15/h2-4,6-7,9-10,12-14H,5,8,11H2,1H3,(H,25,26,28). The van der Waals surface area contributed by atoms with E-state index >= 15 is 0 Å². The van der Waals surface area contributed by atoms with Gasteiger partial charge in [-0.1, -0.05) is 18.2 Å². The lowest BCUT2D eigenvalue weighted by Gasteiger charge is -2.12. The van der Waals surface area contributed by atoms with Gasteiger partial charge in [-0.3, -0.25) is 14.9 Å². The number of aromatic nitrogens is 1. The number of carbonyl (C=O) groups excluding carboxylic acids is 2. The van der Waals surface area contributed by atoms with E-state index in [0.29, 0.717) is 24.3 Å². The SMILES string of the molecule is CC(OC(=O)CCCOc1ccccc1)C(=O)Nc1nc(-c2ccc(F)c(F)c2)cs1. The quantitative estimate of drug-likeness (QED) is 0.377. The van der Waals surface area contributed by atoms with Gasteiger partial charge in [0.25, 0.3) is 5.91 Å². The van der Waals surface area contributed by atoms with E-state index in [4.69, 9.17) is 9.47 Å². The number of amides is 1. The number of ether oxygens (including phenoxy) is 2. The Kier molecular flexibility index (Phi) is 7.66. The average Bonchev–Trinajstić information content (AvgIpc) is 3.22. The van der Waals surface area contributed by atoms with Crippen molar-refractivity contribution < 1.29 is 27.8 Å². The van der Waals surface area contributed by atoms with Crippen LogP contribution in [0.3, 0.4) is 0 Å². The predicted octanol–water partition coefficient (Wildman–Crippen LogP) is 4.82. The minimum absolute atomic E-state index is 0.113. The number of rotatable bonds is 9. The molecule has 1 unspecified atom stereocenters. The largest absolute Gasteiger partial charge is 0.494 e. The lowest BCUT2D eigenvalue weighted by atomic mass is 10.2. The summed E-state index contributed by atoms with van der Waals surface area (Å²) >= 11 is 1.12. The average molecular weight is 446 g/mol. The number of carbonyl (C=O) groups is 2. The summed E-state index contributed by atoms with van der Waals surface area (Å²) in [6.07, 6.45) is -0.452. The highest BCUT2D eigenvalue weighted by atomic mass is 32.1. The van der Waals surface area contributed by atoms with Crippen molar-refractivity contribution in [2.75, 3.05) is 11.9 Å². The first-order chi connectivity index (χ1) is 14.9. The number of nitrogens with zero attached hydrogens (tertiary/aromatic N) is 1. The molecule has 3 aromatic rings. The number of hydrogen-bond acceptors (Lipinski definition) is 6. The molecule has 1 amide bonds. The minimum Gasteiger partial charge on any atom is -0.494 e. The van der Waals surface area contributed by atoms with Crippen LogP contribution in [0.15, 0.2) is 53.9 Å². The van der Waals surface area contributed by atoms with Crippen LogP contribution in [0, 0.1) is 11.6 Å². The molecule has 0 spiro atoms. The summed E-state index contributed by atoms with van der Waals surface area (Å²) in [4.78, 5) is 28.4. The molecule has 0 radical (unpaired) electrons. The summed E-state index contributed by atoms with van der Waals surface area (Å²) in [7, 11) is 0. The van der Waals surface area contributed by atoms with Crippen molar-refractivity contribution in [3.05, 3.63) is 65.5 Å². The predicted molar refractivity (Wildman–Crippen MR) is 113 cm³/mol. The van der Waals surface area contributed by atoms with Crippen LogP contribution in [-0.4, -0.2) is 29.6 Å². The van der Waals surface area contributed by atoms with E-state index in [1.807, 2.05) is 30.3 Å². The Morgan fingerprint density at radius 2 is 1.90 bits per heavy atom. The van der Waals surface area contributed by atoms with Crippen molar-refractivity contribution in [2.24, 2.45) is 0 Å². The van der Waals surface area contributed by atoms with E-state index in [-0.39, 0.29) is 11.6 Å². The van der Waals surface area contributed by atoms with Crippen LogP contribution in [0.25, 0.3) is 11.3 Å². The topological polar surface area (TPSA) is 77.5 Å². The first kappa shape index (κ1) is 22.4. The molecule has 1 heterocycles. The summed E-state index contributed by atoms with van der Waals surface area (Å²) in [6, 6.07) is 12.7. The van der Waals surface area contributed by atoms with Gasteiger partial charge >= 0.3 is 5.97 Å². The van der Waals surface area contributed by atoms with Gasteiger partial charge in [-0.25, -0.2) is 13.8 Å². The maximum atomic E-state index is 13.4. The van der Waals surface area contributed by atoms with Gasteiger partial charge in [0.1, 0.15) is 5.75 Å². The Hall–Kier alpha value is -3.33. The molecule has 0 fully saturated rings. The molecule has 9 heteroatoms. The van der Waals surface area contributed by atoms with E-state index < -0.39 is 29.6 Å². The van der Waals surface area contributed by atoms with Gasteiger partial charge in [0.05, 0.1) is 12.3 Å². The van der Waals surface area contributed by atoms with Crippen LogP contribution in [0.5, 0.6) is 5.75 Å². The van der Waals surface area contributed by atoms with Gasteiger partial charge in [-0.15, -0.1) is 11.3 Å². The molecule has 0 saturated carbocycles. The molecule has 0 aliphatic heterocycles. The van der Waals surface area contributed by atoms with Gasteiger partial charge in [0.15, 0.2) is 22.9 Å². The number of halogens is 2. The molecule has 0 aliphatic carbocycles. The molecule has 3 rings (SSSR count). The minimum atomic E-state index is -1.02. The highest BCUT2D eigenvalue weighted by molar-refractivity contribution is 7.14. The van der Waals surface area contributed by atoms with E-state index in [1.54, 1.807) is 5.38 Å². The van der Waals surface area contributed by atoms with Crippen molar-refractivity contribution in [1.29, 1.82) is 0 Å². The number of anilines is 1. The zero-order chi connectivity index (χ0) is 22.2. The molecule has 0 bridgehead atoms. The smallest absolute Gasteiger partial charge is 0.306 e. The van der Waals surface area contributed by atoms with Crippen LogP contribution in [0.2, 0.25) is 0 Å². The third-order valence-corrected chi connectivity index (χ3v) is 4.92. The number of benzene rings is 2. The van der Waals surface area contributed by atoms with E-state index in [2.05, 4.69) is 10.3 Å². The van der Waals surface area contributed by atoms with E-state index in [9.17, 15) is 18.4 Å². The molecule has 1 atom stereocenters. The molecule has 0 saturated heterocycles. The third-order valence-electron chi connectivity index (χ3n) is 4.16. The fraction of sp³-hybridized carbons (Fsp3) is 0.227. The molecular weight excluding hydrogens is 426 g/mol. The Morgan fingerprint density at radius 3 is 2.65 bits per heavy atom. The van der Waals surface area contributed by atoms with Crippen LogP contribution < -0.4 is 10.1 Å². The molecule has 0 aliphatic rings. The van der Waals surface area contributed by atoms with E-state index in [0.717, 1.165) is 29.2 Å². The molecule has 1 N–H and O–H groups in total. The highest BCUT2D eigenvalue weighted by Crippen LogP contribution is 2.26. The van der Waals surface area contributed by atoms with Crippen molar-refractivity contribution in [3.8, 4) is 17.0 Å². The second-order valence-corrected chi connectivity index (χ2v) is 7.41. The Bertz CT molecular complexity index is 1040. The summed E-state index contributed by atoms with van der Waals surface area (Å²) < 4.78 is 37.1. The van der Waals surface area contributed by atoms with Gasteiger partial charge in [-0.2, -0.15) is 0 Å². The number of esters is 1. The summed E-state index contributed by atoms with van der Waals surface area (Å²) in [5.41, 5.74) is 0.773. The molecule has 31 heavy (non-hydrogen) atoms. The first-order valence-corrected chi connectivity index (χ1v) is 10.4. The summed E-state index contributed by atoms with van der Waals surface area (Å²) in [5, 5.41) is 4.41. The maximum absolute atomic E-state index is 13.4. The number of nitrogens with one attached hydrogen (secondary N) is 1. The molecular formula is C22H20F2N2O4S. The summed E-state index contributed by atoms with van der Waals surface area (Å²) in [5.74, 6) is -2.27. The second-order valence-electron chi connectivity index (χ2n) is 6.55. The number of para-hydroxylation sites is 1. The van der Waals surface area contributed by atoms with Gasteiger partial charge in [0, 0.05) is 17.4 Å². The first-order valence-electron chi connectivity index (χ1n) is 9.51. The van der Waals surface area contributed by atoms with Crippen molar-refractivity contribution in [2.45, 2.75) is 25.9 Å². The van der Waals surface area contributed by atoms with Crippen LogP contribution in [0.4, 0.5) is 13.9 Å². The third kappa shape index (κ3) is 6.58. The number of thiazole rings is 1. The van der Waals surface area contributed by atoms with Gasteiger partial charge < -0.3 is 9.47 Å². The zero-order valence-corrected chi connectivity index (χ0v) is 17.5. The lowest BCUT2D eigenvalue weighted by molar-refractivity contribution is -0.153. The molecule has 162 valence electrons. The molecule has 1 aromatic heterocycles. The van der Waals surface area contributed by atoms with Crippen molar-refractivity contribution >= 4 is 28.3 Å².